The van der Waals surface area contributed by atoms with Gasteiger partial charge >= 0.3 is 0 Å². The van der Waals surface area contributed by atoms with Crippen LogP contribution in [0.5, 0.6) is 0 Å². The highest BCUT2D eigenvalue weighted by atomic mass is 79.9. The van der Waals surface area contributed by atoms with Crippen molar-refractivity contribution in [3.05, 3.63) is 65.3 Å². The molecule has 0 saturated heterocycles. The highest BCUT2D eigenvalue weighted by molar-refractivity contribution is 9.10. The summed E-state index contributed by atoms with van der Waals surface area (Å²) in [6.45, 7) is 4.31. The van der Waals surface area contributed by atoms with E-state index in [9.17, 15) is 4.79 Å². The molecule has 0 unspecified atom stereocenters. The first-order valence-electron chi connectivity index (χ1n) is 6.52. The molecule has 0 saturated carbocycles. The van der Waals surface area contributed by atoms with Crippen LogP contribution in [-0.2, 0) is 11.2 Å². The summed E-state index contributed by atoms with van der Waals surface area (Å²) in [5.74, 6) is 0.456. The molecule has 1 amide bonds. The summed E-state index contributed by atoms with van der Waals surface area (Å²) in [7, 11) is 0. The number of aromatic nitrogens is 1. The average Bonchev–Trinajstić information content (AvgIpc) is 2.49. The number of rotatable bonds is 6. The summed E-state index contributed by atoms with van der Waals surface area (Å²) in [6, 6.07) is 11.3. The van der Waals surface area contributed by atoms with Crippen LogP contribution in [-0.4, -0.2) is 17.4 Å². The zero-order valence-electron chi connectivity index (χ0n) is 11.5. The number of amides is 1. The predicted molar refractivity (Wildman–Crippen MR) is 89.4 cm³/mol. The Morgan fingerprint density at radius 2 is 2.00 bits per heavy atom. The molecular weight excluding hydrogens is 330 g/mol. The number of carbonyl (C=O) groups is 1. The Balaban J connectivity index is 1.90. The van der Waals surface area contributed by atoms with E-state index in [1.54, 1.807) is 18.3 Å². The van der Waals surface area contributed by atoms with Crippen LogP contribution in [0.2, 0.25) is 0 Å². The van der Waals surface area contributed by atoms with E-state index in [1.165, 1.54) is 0 Å². The fourth-order valence-electron chi connectivity index (χ4n) is 1.74. The largest absolute Gasteiger partial charge is 0.380 e. The maximum atomic E-state index is 11.9. The Kier molecular flexibility index (Phi) is 5.51. The molecule has 1 aromatic carbocycles. The quantitative estimate of drug-likeness (QED) is 0.786. The van der Waals surface area contributed by atoms with Crippen LogP contribution >= 0.6 is 15.9 Å². The van der Waals surface area contributed by atoms with Gasteiger partial charge in [0.1, 0.15) is 5.82 Å². The lowest BCUT2D eigenvalue weighted by molar-refractivity contribution is -0.115. The van der Waals surface area contributed by atoms with Crippen molar-refractivity contribution in [1.29, 1.82) is 0 Å². The number of anilines is 2. The van der Waals surface area contributed by atoms with Gasteiger partial charge in [0.2, 0.25) is 5.91 Å². The van der Waals surface area contributed by atoms with Gasteiger partial charge in [0.15, 0.2) is 0 Å². The third kappa shape index (κ3) is 5.04. The van der Waals surface area contributed by atoms with Crippen LogP contribution < -0.4 is 10.6 Å². The third-order valence-corrected chi connectivity index (χ3v) is 3.29. The first-order valence-corrected chi connectivity index (χ1v) is 7.32. The molecule has 21 heavy (non-hydrogen) atoms. The average molecular weight is 346 g/mol. The van der Waals surface area contributed by atoms with Gasteiger partial charge in [0.05, 0.1) is 18.3 Å². The van der Waals surface area contributed by atoms with Gasteiger partial charge in [-0.3, -0.25) is 4.79 Å². The van der Waals surface area contributed by atoms with Crippen molar-refractivity contribution in [3.8, 4) is 0 Å². The monoisotopic (exact) mass is 345 g/mol. The van der Waals surface area contributed by atoms with Crippen LogP contribution in [0, 0.1) is 0 Å². The van der Waals surface area contributed by atoms with Gasteiger partial charge in [0.25, 0.3) is 0 Å². The topological polar surface area (TPSA) is 54.0 Å². The second-order valence-electron chi connectivity index (χ2n) is 4.45. The van der Waals surface area contributed by atoms with Crippen molar-refractivity contribution in [3.63, 3.8) is 0 Å². The SMILES string of the molecule is C=CCNc1ccc(NC(=O)Cc2ccc(Br)cc2)nc1. The zero-order chi connectivity index (χ0) is 15.1. The Morgan fingerprint density at radius 1 is 1.24 bits per heavy atom. The van der Waals surface area contributed by atoms with E-state index in [-0.39, 0.29) is 5.91 Å². The molecule has 0 aliphatic carbocycles. The number of halogens is 1. The zero-order valence-corrected chi connectivity index (χ0v) is 13.1. The molecule has 2 rings (SSSR count). The standard InChI is InChI=1S/C16H16BrN3O/c1-2-9-18-14-7-8-15(19-11-14)20-16(21)10-12-3-5-13(17)6-4-12/h2-8,11,18H,1,9-10H2,(H,19,20,21). The molecule has 0 aliphatic rings. The Hall–Kier alpha value is -2.14. The number of carbonyl (C=O) groups excluding carboxylic acids is 1. The predicted octanol–water partition coefficient (Wildman–Crippen LogP) is 3.62. The molecule has 0 atom stereocenters. The first kappa shape index (κ1) is 15.3. The van der Waals surface area contributed by atoms with E-state index >= 15 is 0 Å². The number of hydrogen-bond donors (Lipinski definition) is 2. The summed E-state index contributed by atoms with van der Waals surface area (Å²) in [4.78, 5) is 16.1. The lowest BCUT2D eigenvalue weighted by atomic mass is 10.1. The van der Waals surface area contributed by atoms with Gasteiger partial charge in [-0.15, -0.1) is 6.58 Å². The molecule has 108 valence electrons. The molecule has 1 aromatic heterocycles. The first-order chi connectivity index (χ1) is 10.2. The molecule has 0 spiro atoms. The number of pyridine rings is 1. The Labute approximate surface area is 132 Å². The lowest BCUT2D eigenvalue weighted by Gasteiger charge is -2.06. The Morgan fingerprint density at radius 3 is 2.62 bits per heavy atom. The van der Waals surface area contributed by atoms with E-state index in [4.69, 9.17) is 0 Å². The molecule has 0 aliphatic heterocycles. The molecule has 0 radical (unpaired) electrons. The smallest absolute Gasteiger partial charge is 0.229 e. The van der Waals surface area contributed by atoms with E-state index in [1.807, 2.05) is 30.3 Å². The van der Waals surface area contributed by atoms with Crippen molar-refractivity contribution in [2.75, 3.05) is 17.2 Å². The molecular formula is C16H16BrN3O. The molecule has 0 fully saturated rings. The molecule has 0 bridgehead atoms. The van der Waals surface area contributed by atoms with E-state index in [2.05, 4.69) is 38.1 Å². The summed E-state index contributed by atoms with van der Waals surface area (Å²) in [5.41, 5.74) is 1.85. The molecule has 5 heteroatoms. The number of nitrogens with one attached hydrogen (secondary N) is 2. The van der Waals surface area contributed by atoms with Crippen LogP contribution in [0.4, 0.5) is 11.5 Å². The number of nitrogens with zero attached hydrogens (tertiary/aromatic N) is 1. The fourth-order valence-corrected chi connectivity index (χ4v) is 2.00. The Bertz CT molecular complexity index is 608. The van der Waals surface area contributed by atoms with Crippen molar-refractivity contribution in [2.24, 2.45) is 0 Å². The summed E-state index contributed by atoms with van der Waals surface area (Å²) < 4.78 is 0.996. The van der Waals surface area contributed by atoms with Crippen LogP contribution in [0.15, 0.2) is 59.7 Å². The van der Waals surface area contributed by atoms with E-state index in [0.717, 1.165) is 15.7 Å². The van der Waals surface area contributed by atoms with Crippen molar-refractivity contribution < 1.29 is 4.79 Å². The second-order valence-corrected chi connectivity index (χ2v) is 5.37. The highest BCUT2D eigenvalue weighted by Crippen LogP contribution is 2.12. The number of hydrogen-bond acceptors (Lipinski definition) is 3. The maximum absolute atomic E-state index is 11.9. The minimum Gasteiger partial charge on any atom is -0.380 e. The van der Waals surface area contributed by atoms with Crippen LogP contribution in [0.3, 0.4) is 0 Å². The van der Waals surface area contributed by atoms with Gasteiger partial charge in [-0.05, 0) is 29.8 Å². The highest BCUT2D eigenvalue weighted by Gasteiger charge is 2.05. The van der Waals surface area contributed by atoms with Gasteiger partial charge in [-0.25, -0.2) is 4.98 Å². The van der Waals surface area contributed by atoms with E-state index in [0.29, 0.717) is 18.8 Å². The summed E-state index contributed by atoms with van der Waals surface area (Å²) in [6.07, 6.45) is 3.78. The lowest BCUT2D eigenvalue weighted by Crippen LogP contribution is -2.15. The van der Waals surface area contributed by atoms with Crippen molar-refractivity contribution in [2.45, 2.75) is 6.42 Å². The minimum absolute atomic E-state index is 0.0865. The summed E-state index contributed by atoms with van der Waals surface area (Å²) in [5, 5.41) is 5.90. The normalized spacial score (nSPS) is 9.95. The van der Waals surface area contributed by atoms with Crippen LogP contribution in [0.1, 0.15) is 5.56 Å². The van der Waals surface area contributed by atoms with Gasteiger partial charge < -0.3 is 10.6 Å². The maximum Gasteiger partial charge on any atom is 0.229 e. The molecule has 2 aromatic rings. The van der Waals surface area contributed by atoms with E-state index < -0.39 is 0 Å². The molecule has 1 heterocycles. The number of benzene rings is 1. The van der Waals surface area contributed by atoms with Gasteiger partial charge in [0, 0.05) is 11.0 Å². The minimum atomic E-state index is -0.0865. The second kappa shape index (κ2) is 7.59. The molecule has 2 N–H and O–H groups in total. The van der Waals surface area contributed by atoms with Crippen molar-refractivity contribution in [1.82, 2.24) is 4.98 Å². The van der Waals surface area contributed by atoms with Crippen LogP contribution in [0.25, 0.3) is 0 Å². The third-order valence-electron chi connectivity index (χ3n) is 2.76. The summed E-state index contributed by atoms with van der Waals surface area (Å²) >= 11 is 3.37. The van der Waals surface area contributed by atoms with Gasteiger partial charge in [-0.2, -0.15) is 0 Å². The van der Waals surface area contributed by atoms with Crippen molar-refractivity contribution >= 4 is 33.3 Å². The van der Waals surface area contributed by atoms with Gasteiger partial charge in [-0.1, -0.05) is 34.1 Å². The fraction of sp³-hybridized carbons (Fsp3) is 0.125. The molecule has 4 nitrogen and oxygen atoms in total.